The van der Waals surface area contributed by atoms with Crippen molar-refractivity contribution in [2.45, 2.75) is 6.61 Å². The maximum Gasteiger partial charge on any atom is 0.254 e. The van der Waals surface area contributed by atoms with E-state index in [1.807, 2.05) is 6.07 Å². The average Bonchev–Trinajstić information content (AvgIpc) is 2.90. The van der Waals surface area contributed by atoms with Crippen molar-refractivity contribution in [2.75, 3.05) is 54.6 Å². The summed E-state index contributed by atoms with van der Waals surface area (Å²) in [5.41, 5.74) is 1.68. The molecule has 182 valence electrons. The Morgan fingerprint density at radius 3 is 2.09 bits per heavy atom. The number of piperazine rings is 1. The van der Waals surface area contributed by atoms with Crippen LogP contribution in [0, 0.1) is 0 Å². The lowest BCUT2D eigenvalue weighted by molar-refractivity contribution is -0.127. The Bertz CT molecular complexity index is 1030. The number of methoxy groups -OCH3 is 4. The van der Waals surface area contributed by atoms with Gasteiger partial charge >= 0.3 is 0 Å². The van der Waals surface area contributed by atoms with E-state index in [-0.39, 0.29) is 18.4 Å². The van der Waals surface area contributed by atoms with Crippen LogP contribution < -0.4 is 18.9 Å². The highest BCUT2D eigenvalue weighted by Gasteiger charge is 2.25. The fourth-order valence-electron chi connectivity index (χ4n) is 3.83. The van der Waals surface area contributed by atoms with Crippen molar-refractivity contribution in [1.29, 1.82) is 0 Å². The Balaban J connectivity index is 1.63. The normalized spacial score (nSPS) is 13.7. The van der Waals surface area contributed by atoms with Crippen molar-refractivity contribution in [2.24, 2.45) is 0 Å². The zero-order valence-electron chi connectivity index (χ0n) is 19.9. The molecule has 9 heteroatoms. The molecular weight excluding hydrogens is 440 g/mol. The monoisotopic (exact) mass is 470 g/mol. The van der Waals surface area contributed by atoms with Crippen molar-refractivity contribution in [3.8, 4) is 23.0 Å². The van der Waals surface area contributed by atoms with Gasteiger partial charge in [0.25, 0.3) is 5.91 Å². The fraction of sp³-hybridized carbons (Fsp3) is 0.360. The number of aliphatic hydroxyl groups is 1. The molecule has 0 bridgehead atoms. The second-order valence-electron chi connectivity index (χ2n) is 7.59. The summed E-state index contributed by atoms with van der Waals surface area (Å²) in [6.07, 6.45) is 3.24. The Hall–Kier alpha value is -3.72. The van der Waals surface area contributed by atoms with Crippen molar-refractivity contribution in [1.82, 2.24) is 9.80 Å². The van der Waals surface area contributed by atoms with E-state index >= 15 is 0 Å². The van der Waals surface area contributed by atoms with E-state index in [0.29, 0.717) is 60.3 Å². The van der Waals surface area contributed by atoms with Gasteiger partial charge < -0.3 is 33.9 Å². The third-order valence-electron chi connectivity index (χ3n) is 5.68. The Morgan fingerprint density at radius 2 is 1.50 bits per heavy atom. The number of carbonyl (C=O) groups excluding carboxylic acids is 2. The molecule has 2 aromatic rings. The van der Waals surface area contributed by atoms with E-state index in [1.165, 1.54) is 20.3 Å². The number of ether oxygens (including phenoxy) is 4. The minimum absolute atomic E-state index is 0.129. The summed E-state index contributed by atoms with van der Waals surface area (Å²) >= 11 is 0. The zero-order chi connectivity index (χ0) is 24.7. The molecule has 0 aromatic heterocycles. The molecule has 9 nitrogen and oxygen atoms in total. The molecule has 1 heterocycles. The van der Waals surface area contributed by atoms with Crippen LogP contribution in [0.5, 0.6) is 23.0 Å². The molecule has 1 fully saturated rings. The van der Waals surface area contributed by atoms with E-state index < -0.39 is 0 Å². The van der Waals surface area contributed by atoms with Gasteiger partial charge in [-0.3, -0.25) is 9.59 Å². The fourth-order valence-corrected chi connectivity index (χ4v) is 3.83. The summed E-state index contributed by atoms with van der Waals surface area (Å²) in [5, 5.41) is 9.65. The van der Waals surface area contributed by atoms with Crippen molar-refractivity contribution >= 4 is 17.9 Å². The second kappa shape index (κ2) is 11.4. The Kier molecular flexibility index (Phi) is 8.37. The maximum absolute atomic E-state index is 13.0. The van der Waals surface area contributed by atoms with Gasteiger partial charge in [0.05, 0.1) is 35.0 Å². The largest absolute Gasteiger partial charge is 0.493 e. The molecule has 1 aliphatic heterocycles. The lowest BCUT2D eigenvalue weighted by atomic mass is 10.1. The molecule has 1 N–H and O–H groups in total. The highest BCUT2D eigenvalue weighted by atomic mass is 16.5. The summed E-state index contributed by atoms with van der Waals surface area (Å²) in [6, 6.07) is 8.62. The summed E-state index contributed by atoms with van der Waals surface area (Å²) in [7, 11) is 6.09. The van der Waals surface area contributed by atoms with Crippen LogP contribution in [0.4, 0.5) is 0 Å². The first-order valence-corrected chi connectivity index (χ1v) is 10.8. The van der Waals surface area contributed by atoms with Crippen LogP contribution in [0.25, 0.3) is 6.08 Å². The zero-order valence-corrected chi connectivity index (χ0v) is 19.9. The molecule has 2 amide bonds. The van der Waals surface area contributed by atoms with E-state index in [0.717, 1.165) is 5.56 Å². The first-order valence-electron chi connectivity index (χ1n) is 10.8. The van der Waals surface area contributed by atoms with Crippen LogP contribution in [-0.4, -0.2) is 81.3 Å². The number of hydrogen-bond donors (Lipinski definition) is 1. The molecule has 3 rings (SSSR count). The van der Waals surface area contributed by atoms with Gasteiger partial charge in [-0.25, -0.2) is 0 Å². The highest BCUT2D eigenvalue weighted by molar-refractivity contribution is 5.96. The minimum atomic E-state index is -0.282. The first-order chi connectivity index (χ1) is 16.4. The molecule has 0 spiro atoms. The molecule has 1 aliphatic rings. The molecule has 0 radical (unpaired) electrons. The third-order valence-corrected chi connectivity index (χ3v) is 5.68. The predicted molar refractivity (Wildman–Crippen MR) is 127 cm³/mol. The van der Waals surface area contributed by atoms with Gasteiger partial charge in [-0.2, -0.15) is 0 Å². The van der Waals surface area contributed by atoms with E-state index in [4.69, 9.17) is 18.9 Å². The molecule has 2 aromatic carbocycles. The Morgan fingerprint density at radius 1 is 0.853 bits per heavy atom. The van der Waals surface area contributed by atoms with Gasteiger partial charge in [0.15, 0.2) is 23.0 Å². The number of nitrogens with zero attached hydrogens (tertiary/aromatic N) is 2. The minimum Gasteiger partial charge on any atom is -0.493 e. The lowest BCUT2D eigenvalue weighted by Crippen LogP contribution is -2.50. The SMILES string of the molecule is COc1ccc(C=CC(=O)N2CCN(C(=O)c3cc(CO)c(OC)c(OC)c3)CC2)cc1OC. The first kappa shape index (κ1) is 24.9. The molecule has 0 saturated carbocycles. The second-order valence-corrected chi connectivity index (χ2v) is 7.59. The van der Waals surface area contributed by atoms with Crippen molar-refractivity contribution < 1.29 is 33.6 Å². The summed E-state index contributed by atoms with van der Waals surface area (Å²) in [6.45, 7) is 1.35. The lowest BCUT2D eigenvalue weighted by Gasteiger charge is -2.34. The Labute approximate surface area is 199 Å². The number of carbonyl (C=O) groups is 2. The standard InChI is InChI=1S/C25H30N2O7/c1-31-20-7-5-17(13-21(20)32-2)6-8-23(29)26-9-11-27(12-10-26)25(30)18-14-19(16-28)24(34-4)22(15-18)33-3/h5-8,13-15,28H,9-12,16H2,1-4H3. The molecule has 0 atom stereocenters. The number of hydrogen-bond acceptors (Lipinski definition) is 7. The van der Waals surface area contributed by atoms with Crippen LogP contribution >= 0.6 is 0 Å². The maximum atomic E-state index is 13.0. The van der Waals surface area contributed by atoms with Gasteiger partial charge in [0, 0.05) is 43.4 Å². The molecule has 1 saturated heterocycles. The summed E-state index contributed by atoms with van der Waals surface area (Å²) < 4.78 is 21.1. The van der Waals surface area contributed by atoms with E-state index in [9.17, 15) is 14.7 Å². The van der Waals surface area contributed by atoms with Gasteiger partial charge in [-0.1, -0.05) is 6.07 Å². The van der Waals surface area contributed by atoms with Gasteiger partial charge in [0.2, 0.25) is 5.91 Å². The van der Waals surface area contributed by atoms with Gasteiger partial charge in [0.1, 0.15) is 0 Å². The topological polar surface area (TPSA) is 97.8 Å². The van der Waals surface area contributed by atoms with E-state index in [1.54, 1.807) is 54.4 Å². The number of amides is 2. The van der Waals surface area contributed by atoms with E-state index in [2.05, 4.69) is 0 Å². The van der Waals surface area contributed by atoms with Gasteiger partial charge in [-0.15, -0.1) is 0 Å². The molecular formula is C25H30N2O7. The van der Waals surface area contributed by atoms with Crippen molar-refractivity contribution in [3.05, 3.63) is 53.1 Å². The molecule has 34 heavy (non-hydrogen) atoms. The van der Waals surface area contributed by atoms with Crippen LogP contribution in [0.1, 0.15) is 21.5 Å². The number of benzene rings is 2. The van der Waals surface area contributed by atoms with Crippen LogP contribution in [-0.2, 0) is 11.4 Å². The summed E-state index contributed by atoms with van der Waals surface area (Å²) in [4.78, 5) is 29.1. The van der Waals surface area contributed by atoms with Crippen molar-refractivity contribution in [3.63, 3.8) is 0 Å². The number of rotatable bonds is 8. The van der Waals surface area contributed by atoms with Gasteiger partial charge in [-0.05, 0) is 35.9 Å². The number of aliphatic hydroxyl groups excluding tert-OH is 1. The molecule has 0 unspecified atom stereocenters. The highest BCUT2D eigenvalue weighted by Crippen LogP contribution is 2.33. The molecule has 0 aliphatic carbocycles. The predicted octanol–water partition coefficient (Wildman–Crippen LogP) is 2.21. The quantitative estimate of drug-likeness (QED) is 0.591. The van der Waals surface area contributed by atoms with Crippen LogP contribution in [0.3, 0.4) is 0 Å². The third kappa shape index (κ3) is 5.43. The van der Waals surface area contributed by atoms with Crippen LogP contribution in [0.15, 0.2) is 36.4 Å². The summed E-state index contributed by atoms with van der Waals surface area (Å²) in [5.74, 6) is 1.67. The smallest absolute Gasteiger partial charge is 0.254 e. The van der Waals surface area contributed by atoms with Crippen LogP contribution in [0.2, 0.25) is 0 Å². The average molecular weight is 471 g/mol.